The summed E-state index contributed by atoms with van der Waals surface area (Å²) < 4.78 is 4.10. The van der Waals surface area contributed by atoms with Gasteiger partial charge < -0.3 is 5.32 Å². The fourth-order valence-electron chi connectivity index (χ4n) is 3.80. The summed E-state index contributed by atoms with van der Waals surface area (Å²) in [6, 6.07) is 4.78. The molecule has 28 heavy (non-hydrogen) atoms. The van der Waals surface area contributed by atoms with Crippen LogP contribution in [0.5, 0.6) is 0 Å². The molecule has 1 unspecified atom stereocenters. The molecule has 154 valence electrons. The van der Waals surface area contributed by atoms with Crippen molar-refractivity contribution in [2.75, 3.05) is 18.4 Å². The quantitative estimate of drug-likeness (QED) is 0.855. The number of rotatable bonds is 5. The number of nitrogens with one attached hydrogen (secondary N) is 1. The van der Waals surface area contributed by atoms with Gasteiger partial charge in [0.1, 0.15) is 5.82 Å². The first-order valence-electron chi connectivity index (χ1n) is 10.2. The molecule has 7 nitrogen and oxygen atoms in total. The Hall–Kier alpha value is -2.15. The molecule has 3 rings (SSSR count). The molecule has 3 heterocycles. The van der Waals surface area contributed by atoms with Crippen molar-refractivity contribution in [3.63, 3.8) is 0 Å². The molecule has 1 aliphatic heterocycles. The SMILES string of the molecule is Cc1cc(C)n(CC(C)N2CCC(n3nccc3NC(=O)C(C)(C)C)CC2)n1. The maximum atomic E-state index is 12.3. The Morgan fingerprint density at radius 3 is 2.54 bits per heavy atom. The van der Waals surface area contributed by atoms with Crippen molar-refractivity contribution in [2.24, 2.45) is 5.41 Å². The predicted octanol–water partition coefficient (Wildman–Crippen LogP) is 3.41. The van der Waals surface area contributed by atoms with Gasteiger partial charge in [0.25, 0.3) is 0 Å². The number of anilines is 1. The molecule has 0 aliphatic carbocycles. The second-order valence-electron chi connectivity index (χ2n) is 9.09. The van der Waals surface area contributed by atoms with E-state index in [0.29, 0.717) is 12.1 Å². The topological polar surface area (TPSA) is 68.0 Å². The van der Waals surface area contributed by atoms with E-state index in [0.717, 1.165) is 44.0 Å². The van der Waals surface area contributed by atoms with Gasteiger partial charge in [-0.3, -0.25) is 14.4 Å². The maximum absolute atomic E-state index is 12.3. The molecule has 1 aliphatic rings. The first kappa shape index (κ1) is 20.6. The number of piperidine rings is 1. The van der Waals surface area contributed by atoms with Gasteiger partial charge in [0.05, 0.1) is 24.5 Å². The zero-order valence-corrected chi connectivity index (χ0v) is 18.1. The van der Waals surface area contributed by atoms with Crippen LogP contribution in [0.15, 0.2) is 18.3 Å². The van der Waals surface area contributed by atoms with Crippen LogP contribution in [0.3, 0.4) is 0 Å². The van der Waals surface area contributed by atoms with Crippen LogP contribution in [0, 0.1) is 19.3 Å². The molecule has 1 saturated heterocycles. The molecule has 7 heteroatoms. The number of nitrogens with zero attached hydrogens (tertiary/aromatic N) is 5. The smallest absolute Gasteiger partial charge is 0.230 e. The van der Waals surface area contributed by atoms with Crippen molar-refractivity contribution >= 4 is 11.7 Å². The lowest BCUT2D eigenvalue weighted by Gasteiger charge is -2.36. The van der Waals surface area contributed by atoms with Gasteiger partial charge >= 0.3 is 0 Å². The van der Waals surface area contributed by atoms with Crippen molar-refractivity contribution in [1.29, 1.82) is 0 Å². The summed E-state index contributed by atoms with van der Waals surface area (Å²) in [5, 5.41) is 12.1. The summed E-state index contributed by atoms with van der Waals surface area (Å²) in [6.45, 7) is 15.2. The third-order valence-corrected chi connectivity index (χ3v) is 5.60. The summed E-state index contributed by atoms with van der Waals surface area (Å²) in [5.41, 5.74) is 1.87. The Bertz CT molecular complexity index is 807. The van der Waals surface area contributed by atoms with E-state index in [9.17, 15) is 4.79 Å². The Balaban J connectivity index is 1.58. The second-order valence-corrected chi connectivity index (χ2v) is 9.09. The first-order valence-corrected chi connectivity index (χ1v) is 10.2. The van der Waals surface area contributed by atoms with E-state index in [1.165, 1.54) is 5.69 Å². The Morgan fingerprint density at radius 1 is 1.29 bits per heavy atom. The molecule has 0 radical (unpaired) electrons. The highest BCUT2D eigenvalue weighted by atomic mass is 16.2. The van der Waals surface area contributed by atoms with Crippen LogP contribution in [0.25, 0.3) is 0 Å². The van der Waals surface area contributed by atoms with Crippen LogP contribution in [0.1, 0.15) is 58.0 Å². The molecule has 1 atom stereocenters. The van der Waals surface area contributed by atoms with Gasteiger partial charge in [-0.1, -0.05) is 20.8 Å². The summed E-state index contributed by atoms with van der Waals surface area (Å²) in [7, 11) is 0. The average molecular weight is 387 g/mol. The number of hydrogen-bond acceptors (Lipinski definition) is 4. The number of carbonyl (C=O) groups excluding carboxylic acids is 1. The number of amides is 1. The lowest BCUT2D eigenvalue weighted by atomic mass is 9.96. The monoisotopic (exact) mass is 386 g/mol. The third kappa shape index (κ3) is 4.63. The van der Waals surface area contributed by atoms with E-state index in [1.54, 1.807) is 6.20 Å². The van der Waals surface area contributed by atoms with E-state index in [2.05, 4.69) is 45.0 Å². The minimum absolute atomic E-state index is 0.0187. The molecular weight excluding hydrogens is 352 g/mol. The van der Waals surface area contributed by atoms with Crippen molar-refractivity contribution in [2.45, 2.75) is 73.0 Å². The summed E-state index contributed by atoms with van der Waals surface area (Å²) in [6.07, 6.45) is 3.83. The maximum Gasteiger partial charge on any atom is 0.230 e. The fraction of sp³-hybridized carbons (Fsp3) is 0.667. The zero-order valence-electron chi connectivity index (χ0n) is 18.1. The minimum Gasteiger partial charge on any atom is -0.310 e. The number of aromatic nitrogens is 4. The number of carbonyl (C=O) groups is 1. The normalized spacial score (nSPS) is 17.6. The van der Waals surface area contributed by atoms with Crippen molar-refractivity contribution < 1.29 is 4.79 Å². The van der Waals surface area contributed by atoms with Gasteiger partial charge in [0, 0.05) is 36.3 Å². The fourth-order valence-corrected chi connectivity index (χ4v) is 3.80. The first-order chi connectivity index (χ1) is 13.1. The van der Waals surface area contributed by atoms with Crippen LogP contribution in [-0.4, -0.2) is 49.5 Å². The molecule has 0 bridgehead atoms. The zero-order chi connectivity index (χ0) is 20.5. The van der Waals surface area contributed by atoms with Crippen LogP contribution < -0.4 is 5.32 Å². The van der Waals surface area contributed by atoms with Crippen LogP contribution in [0.4, 0.5) is 5.82 Å². The van der Waals surface area contributed by atoms with Gasteiger partial charge in [-0.05, 0) is 39.7 Å². The summed E-state index contributed by atoms with van der Waals surface area (Å²) in [4.78, 5) is 14.9. The van der Waals surface area contributed by atoms with Crippen LogP contribution >= 0.6 is 0 Å². The predicted molar refractivity (Wildman–Crippen MR) is 111 cm³/mol. The Kier molecular flexibility index (Phi) is 5.93. The molecular formula is C21H34N6O. The van der Waals surface area contributed by atoms with Gasteiger partial charge in [-0.25, -0.2) is 4.68 Å². The van der Waals surface area contributed by atoms with E-state index < -0.39 is 5.41 Å². The highest BCUT2D eigenvalue weighted by Crippen LogP contribution is 2.27. The van der Waals surface area contributed by atoms with Crippen molar-refractivity contribution in [1.82, 2.24) is 24.5 Å². The van der Waals surface area contributed by atoms with Gasteiger partial charge in [-0.15, -0.1) is 0 Å². The van der Waals surface area contributed by atoms with E-state index in [-0.39, 0.29) is 5.91 Å². The molecule has 1 amide bonds. The van der Waals surface area contributed by atoms with Gasteiger partial charge in [-0.2, -0.15) is 10.2 Å². The standard InChI is InChI=1S/C21H34N6O/c1-15-13-16(2)26(24-15)14-17(3)25-11-8-18(9-12-25)27-19(7-10-22-27)23-20(28)21(4,5)6/h7,10,13,17-18H,8-9,11-12,14H2,1-6H3,(H,23,28). The number of likely N-dealkylation sites (tertiary alicyclic amines) is 1. The van der Waals surface area contributed by atoms with Gasteiger partial charge in [0.2, 0.25) is 5.91 Å². The Morgan fingerprint density at radius 2 is 1.96 bits per heavy atom. The highest BCUT2D eigenvalue weighted by Gasteiger charge is 2.27. The lowest BCUT2D eigenvalue weighted by Crippen LogP contribution is -2.43. The molecule has 2 aromatic heterocycles. The van der Waals surface area contributed by atoms with Crippen molar-refractivity contribution in [3.05, 3.63) is 29.7 Å². The van der Waals surface area contributed by atoms with E-state index >= 15 is 0 Å². The number of aryl methyl sites for hydroxylation is 2. The molecule has 1 fully saturated rings. The summed E-state index contributed by atoms with van der Waals surface area (Å²) >= 11 is 0. The molecule has 0 saturated carbocycles. The van der Waals surface area contributed by atoms with Crippen LogP contribution in [-0.2, 0) is 11.3 Å². The second kappa shape index (κ2) is 8.07. The van der Waals surface area contributed by atoms with Gasteiger partial charge in [0.15, 0.2) is 0 Å². The average Bonchev–Trinajstić information content (AvgIpc) is 3.20. The molecule has 0 aromatic carbocycles. The Labute approximate surface area is 168 Å². The highest BCUT2D eigenvalue weighted by molar-refractivity contribution is 5.93. The number of hydrogen-bond donors (Lipinski definition) is 1. The van der Waals surface area contributed by atoms with E-state index in [4.69, 9.17) is 0 Å². The minimum atomic E-state index is -0.420. The lowest BCUT2D eigenvalue weighted by molar-refractivity contribution is -0.123. The molecule has 0 spiro atoms. The molecule has 1 N–H and O–H groups in total. The van der Waals surface area contributed by atoms with Crippen molar-refractivity contribution in [3.8, 4) is 0 Å². The third-order valence-electron chi connectivity index (χ3n) is 5.60. The van der Waals surface area contributed by atoms with E-state index in [1.807, 2.05) is 38.4 Å². The molecule has 2 aromatic rings. The largest absolute Gasteiger partial charge is 0.310 e. The summed E-state index contributed by atoms with van der Waals surface area (Å²) in [5.74, 6) is 0.819. The van der Waals surface area contributed by atoms with Crippen LogP contribution in [0.2, 0.25) is 0 Å².